The van der Waals surface area contributed by atoms with Gasteiger partial charge in [-0.2, -0.15) is 0 Å². The lowest BCUT2D eigenvalue weighted by Gasteiger charge is -2.13. The standard InChI is InChI=1S/C20H24N2O5/c1-4-27-16-10-6-5-9-15(16)20(24)22-13-18(23)21-12-14-8-7-11-17(25-2)19(14)26-3/h5-11H,4,12-13H2,1-3H3,(H,21,23)(H,22,24). The highest BCUT2D eigenvalue weighted by Gasteiger charge is 2.14. The zero-order chi connectivity index (χ0) is 19.6. The van der Waals surface area contributed by atoms with Crippen molar-refractivity contribution >= 4 is 11.8 Å². The topological polar surface area (TPSA) is 85.9 Å². The van der Waals surface area contributed by atoms with Crippen molar-refractivity contribution in [2.24, 2.45) is 0 Å². The Morgan fingerprint density at radius 3 is 2.37 bits per heavy atom. The minimum absolute atomic E-state index is 0.147. The number of carbonyl (C=O) groups excluding carboxylic acids is 2. The second kappa shape index (κ2) is 10.1. The van der Waals surface area contributed by atoms with Crippen LogP contribution in [0.5, 0.6) is 17.2 Å². The molecule has 0 heterocycles. The molecule has 0 aliphatic rings. The first kappa shape index (κ1) is 20.1. The molecule has 7 heteroatoms. The predicted octanol–water partition coefficient (Wildman–Crippen LogP) is 2.15. The summed E-state index contributed by atoms with van der Waals surface area (Å²) in [6.45, 7) is 2.40. The molecule has 0 saturated carbocycles. The van der Waals surface area contributed by atoms with E-state index in [0.717, 1.165) is 5.56 Å². The molecule has 0 spiro atoms. The van der Waals surface area contributed by atoms with Gasteiger partial charge in [0, 0.05) is 12.1 Å². The smallest absolute Gasteiger partial charge is 0.255 e. The molecule has 0 aromatic heterocycles. The molecule has 27 heavy (non-hydrogen) atoms. The van der Waals surface area contributed by atoms with Crippen LogP contribution >= 0.6 is 0 Å². The minimum atomic E-state index is -0.367. The van der Waals surface area contributed by atoms with Crippen LogP contribution in [0.15, 0.2) is 42.5 Å². The molecule has 144 valence electrons. The van der Waals surface area contributed by atoms with Crippen LogP contribution in [0, 0.1) is 0 Å². The zero-order valence-electron chi connectivity index (χ0n) is 15.7. The van der Waals surface area contributed by atoms with Crippen molar-refractivity contribution < 1.29 is 23.8 Å². The first-order valence-corrected chi connectivity index (χ1v) is 8.57. The Kier molecular flexibility index (Phi) is 7.49. The molecule has 2 rings (SSSR count). The van der Waals surface area contributed by atoms with E-state index in [2.05, 4.69) is 10.6 Å². The molecule has 0 saturated heterocycles. The van der Waals surface area contributed by atoms with Gasteiger partial charge in [0.05, 0.1) is 32.9 Å². The summed E-state index contributed by atoms with van der Waals surface area (Å²) in [5.74, 6) is 0.953. The number of ether oxygens (including phenoxy) is 3. The molecule has 0 fully saturated rings. The van der Waals surface area contributed by atoms with Gasteiger partial charge >= 0.3 is 0 Å². The lowest BCUT2D eigenvalue weighted by molar-refractivity contribution is -0.120. The Morgan fingerprint density at radius 1 is 0.926 bits per heavy atom. The fourth-order valence-corrected chi connectivity index (χ4v) is 2.54. The van der Waals surface area contributed by atoms with Gasteiger partial charge in [-0.1, -0.05) is 24.3 Å². The molecule has 0 radical (unpaired) electrons. The van der Waals surface area contributed by atoms with Gasteiger partial charge in [0.2, 0.25) is 5.91 Å². The second-order valence-electron chi connectivity index (χ2n) is 5.54. The number of para-hydroxylation sites is 2. The SMILES string of the molecule is CCOc1ccccc1C(=O)NCC(=O)NCc1cccc(OC)c1OC. The molecule has 0 aliphatic heterocycles. The maximum Gasteiger partial charge on any atom is 0.255 e. The minimum Gasteiger partial charge on any atom is -0.493 e. The first-order valence-electron chi connectivity index (χ1n) is 8.57. The van der Waals surface area contributed by atoms with E-state index in [1.807, 2.05) is 19.1 Å². The summed E-state index contributed by atoms with van der Waals surface area (Å²) in [4.78, 5) is 24.4. The maximum atomic E-state index is 12.3. The molecular weight excluding hydrogens is 348 g/mol. The molecule has 0 aliphatic carbocycles. The highest BCUT2D eigenvalue weighted by atomic mass is 16.5. The van der Waals surface area contributed by atoms with E-state index in [0.29, 0.717) is 29.4 Å². The third kappa shape index (κ3) is 5.37. The van der Waals surface area contributed by atoms with Crippen molar-refractivity contribution in [1.82, 2.24) is 10.6 Å². The van der Waals surface area contributed by atoms with Crippen molar-refractivity contribution in [3.05, 3.63) is 53.6 Å². The van der Waals surface area contributed by atoms with Crippen LogP contribution in [0.25, 0.3) is 0 Å². The molecule has 2 amide bonds. The highest BCUT2D eigenvalue weighted by molar-refractivity contribution is 5.98. The predicted molar refractivity (Wildman–Crippen MR) is 101 cm³/mol. The van der Waals surface area contributed by atoms with Gasteiger partial charge in [0.1, 0.15) is 5.75 Å². The molecule has 0 unspecified atom stereocenters. The van der Waals surface area contributed by atoms with E-state index in [1.165, 1.54) is 0 Å². The average Bonchev–Trinajstić information content (AvgIpc) is 2.70. The maximum absolute atomic E-state index is 12.3. The molecule has 0 bridgehead atoms. The lowest BCUT2D eigenvalue weighted by Crippen LogP contribution is -2.36. The van der Waals surface area contributed by atoms with Gasteiger partial charge in [0.25, 0.3) is 5.91 Å². The Balaban J connectivity index is 1.91. The van der Waals surface area contributed by atoms with E-state index in [-0.39, 0.29) is 24.9 Å². The normalized spacial score (nSPS) is 10.0. The Hall–Kier alpha value is -3.22. The highest BCUT2D eigenvalue weighted by Crippen LogP contribution is 2.30. The number of nitrogens with one attached hydrogen (secondary N) is 2. The van der Waals surface area contributed by atoms with Crippen molar-refractivity contribution in [3.63, 3.8) is 0 Å². The van der Waals surface area contributed by atoms with E-state index < -0.39 is 0 Å². The number of benzene rings is 2. The molecule has 7 nitrogen and oxygen atoms in total. The summed E-state index contributed by atoms with van der Waals surface area (Å²) >= 11 is 0. The lowest BCUT2D eigenvalue weighted by atomic mass is 10.2. The third-order valence-electron chi connectivity index (χ3n) is 3.80. The van der Waals surface area contributed by atoms with E-state index >= 15 is 0 Å². The quantitative estimate of drug-likeness (QED) is 0.704. The summed E-state index contributed by atoms with van der Waals surface area (Å²) in [6.07, 6.45) is 0. The number of methoxy groups -OCH3 is 2. The Bertz CT molecular complexity index is 792. The molecular formula is C20H24N2O5. The van der Waals surface area contributed by atoms with Crippen molar-refractivity contribution in [2.45, 2.75) is 13.5 Å². The summed E-state index contributed by atoms with van der Waals surface area (Å²) in [5, 5.41) is 5.35. The summed E-state index contributed by atoms with van der Waals surface area (Å²) in [6, 6.07) is 12.3. The number of hydrogen-bond donors (Lipinski definition) is 2. The fourth-order valence-electron chi connectivity index (χ4n) is 2.54. The van der Waals surface area contributed by atoms with Crippen LogP contribution in [-0.2, 0) is 11.3 Å². The van der Waals surface area contributed by atoms with Crippen LogP contribution in [0.4, 0.5) is 0 Å². The third-order valence-corrected chi connectivity index (χ3v) is 3.80. The van der Waals surface area contributed by atoms with Crippen molar-refractivity contribution in [3.8, 4) is 17.2 Å². The largest absolute Gasteiger partial charge is 0.493 e. The average molecular weight is 372 g/mol. The van der Waals surface area contributed by atoms with Gasteiger partial charge in [-0.15, -0.1) is 0 Å². The first-order chi connectivity index (χ1) is 13.1. The van der Waals surface area contributed by atoms with Crippen molar-refractivity contribution in [1.29, 1.82) is 0 Å². The van der Waals surface area contributed by atoms with Gasteiger partial charge in [-0.25, -0.2) is 0 Å². The Morgan fingerprint density at radius 2 is 1.67 bits per heavy atom. The second-order valence-corrected chi connectivity index (χ2v) is 5.54. The van der Waals surface area contributed by atoms with Gasteiger partial charge in [-0.05, 0) is 25.1 Å². The molecule has 2 N–H and O–H groups in total. The number of hydrogen-bond acceptors (Lipinski definition) is 5. The molecule has 2 aromatic rings. The van der Waals surface area contributed by atoms with Crippen LogP contribution in [0.2, 0.25) is 0 Å². The fraction of sp³-hybridized carbons (Fsp3) is 0.300. The van der Waals surface area contributed by atoms with Gasteiger partial charge in [0.15, 0.2) is 11.5 Å². The number of amides is 2. The van der Waals surface area contributed by atoms with Gasteiger partial charge in [-0.3, -0.25) is 9.59 Å². The Labute approximate surface area is 158 Å². The molecule has 2 aromatic carbocycles. The molecule has 0 atom stereocenters. The van der Waals surface area contributed by atoms with Crippen LogP contribution in [0.3, 0.4) is 0 Å². The number of carbonyl (C=O) groups is 2. The zero-order valence-corrected chi connectivity index (χ0v) is 15.7. The van der Waals surface area contributed by atoms with E-state index in [9.17, 15) is 9.59 Å². The van der Waals surface area contributed by atoms with Crippen LogP contribution in [-0.4, -0.2) is 39.2 Å². The summed E-state index contributed by atoms with van der Waals surface area (Å²) in [7, 11) is 3.09. The van der Waals surface area contributed by atoms with Crippen LogP contribution < -0.4 is 24.8 Å². The van der Waals surface area contributed by atoms with Gasteiger partial charge < -0.3 is 24.8 Å². The monoisotopic (exact) mass is 372 g/mol. The number of rotatable bonds is 9. The summed E-state index contributed by atoms with van der Waals surface area (Å²) in [5.41, 5.74) is 1.17. The summed E-state index contributed by atoms with van der Waals surface area (Å²) < 4.78 is 16.0. The van der Waals surface area contributed by atoms with E-state index in [1.54, 1.807) is 44.6 Å². The van der Waals surface area contributed by atoms with Crippen molar-refractivity contribution in [2.75, 3.05) is 27.4 Å². The van der Waals surface area contributed by atoms with Crippen LogP contribution in [0.1, 0.15) is 22.8 Å². The van der Waals surface area contributed by atoms with E-state index in [4.69, 9.17) is 14.2 Å².